The van der Waals surface area contributed by atoms with Crippen LogP contribution < -0.4 is 5.56 Å². The van der Waals surface area contributed by atoms with Crippen LogP contribution in [0.3, 0.4) is 0 Å². The normalized spacial score (nSPS) is 13.6. The summed E-state index contributed by atoms with van der Waals surface area (Å²) in [4.78, 5) is 25.0. The van der Waals surface area contributed by atoms with Gasteiger partial charge in [-0.2, -0.15) is 18.2 Å². The van der Waals surface area contributed by atoms with Gasteiger partial charge in [0.2, 0.25) is 5.82 Å². The van der Waals surface area contributed by atoms with Gasteiger partial charge < -0.3 is 8.94 Å². The maximum Gasteiger partial charge on any atom is 0.416 e. The van der Waals surface area contributed by atoms with E-state index in [4.69, 9.17) is 8.94 Å². The number of thioether (sulfide) groups is 1. The third kappa shape index (κ3) is 3.09. The molecule has 152 valence electrons. The van der Waals surface area contributed by atoms with E-state index in [1.165, 1.54) is 34.7 Å². The van der Waals surface area contributed by atoms with Crippen molar-refractivity contribution in [2.75, 3.05) is 5.75 Å². The van der Waals surface area contributed by atoms with E-state index < -0.39 is 11.7 Å². The number of alkyl halides is 3. The predicted octanol–water partition coefficient (Wildman–Crippen LogP) is 3.74. The second kappa shape index (κ2) is 6.83. The van der Waals surface area contributed by atoms with Crippen LogP contribution >= 0.6 is 11.8 Å². The molecule has 0 unspecified atom stereocenters. The number of nitrogens with zero attached hydrogens (tertiary/aromatic N) is 5. The number of hydrogen-bond acceptors (Lipinski definition) is 8. The van der Waals surface area contributed by atoms with E-state index in [0.29, 0.717) is 11.7 Å². The second-order valence-corrected chi connectivity index (χ2v) is 7.35. The molecule has 0 saturated carbocycles. The van der Waals surface area contributed by atoms with Crippen LogP contribution in [-0.2, 0) is 12.7 Å². The molecule has 0 fully saturated rings. The molecule has 4 aromatic rings. The Morgan fingerprint density at radius 2 is 2.07 bits per heavy atom. The summed E-state index contributed by atoms with van der Waals surface area (Å²) in [6.45, 7) is 0.531. The van der Waals surface area contributed by atoms with E-state index in [1.807, 2.05) is 0 Å². The Kier molecular flexibility index (Phi) is 4.24. The minimum atomic E-state index is -4.50. The Hall–Kier alpha value is -3.41. The van der Waals surface area contributed by atoms with Crippen LogP contribution in [0, 0.1) is 0 Å². The first-order valence-electron chi connectivity index (χ1n) is 8.60. The fraction of sp³-hybridized carbons (Fsp3) is 0.167. The third-order valence-corrected chi connectivity index (χ3v) is 5.42. The molecule has 5 rings (SSSR count). The molecular weight excluding hydrogens is 423 g/mol. The van der Waals surface area contributed by atoms with Crippen molar-refractivity contribution in [3.05, 3.63) is 52.8 Å². The van der Waals surface area contributed by atoms with E-state index in [9.17, 15) is 18.0 Å². The Labute approximate surface area is 169 Å². The molecule has 0 N–H and O–H groups in total. The van der Waals surface area contributed by atoms with Crippen molar-refractivity contribution in [1.82, 2.24) is 24.7 Å². The lowest BCUT2D eigenvalue weighted by atomic mass is 10.1. The zero-order valence-corrected chi connectivity index (χ0v) is 15.7. The minimum absolute atomic E-state index is 0.0227. The first-order chi connectivity index (χ1) is 14.4. The second-order valence-electron chi connectivity index (χ2n) is 6.29. The summed E-state index contributed by atoms with van der Waals surface area (Å²) >= 11 is 1.47. The molecule has 0 aliphatic carbocycles. The zero-order valence-electron chi connectivity index (χ0n) is 14.9. The highest BCUT2D eigenvalue weighted by molar-refractivity contribution is 7.99. The smallest absolute Gasteiger partial charge is 0.416 e. The van der Waals surface area contributed by atoms with E-state index >= 15 is 0 Å². The van der Waals surface area contributed by atoms with Gasteiger partial charge in [-0.3, -0.25) is 9.36 Å². The van der Waals surface area contributed by atoms with E-state index in [0.717, 1.165) is 24.3 Å². The highest BCUT2D eigenvalue weighted by Crippen LogP contribution is 2.35. The van der Waals surface area contributed by atoms with Crippen molar-refractivity contribution < 1.29 is 22.1 Å². The van der Waals surface area contributed by atoms with Gasteiger partial charge in [0.05, 0.1) is 5.56 Å². The Morgan fingerprint density at radius 1 is 1.20 bits per heavy atom. The Morgan fingerprint density at radius 3 is 2.90 bits per heavy atom. The number of oxazole rings is 1. The molecule has 0 atom stereocenters. The number of rotatable bonds is 3. The summed E-state index contributed by atoms with van der Waals surface area (Å²) < 4.78 is 51.1. The van der Waals surface area contributed by atoms with Crippen LogP contribution in [-0.4, -0.2) is 30.4 Å². The van der Waals surface area contributed by atoms with Gasteiger partial charge in [-0.1, -0.05) is 29.1 Å². The Bertz CT molecular complexity index is 1310. The van der Waals surface area contributed by atoms with Crippen LogP contribution in [0.4, 0.5) is 13.2 Å². The minimum Gasteiger partial charge on any atom is -0.443 e. The molecule has 1 aliphatic rings. The number of halogens is 3. The van der Waals surface area contributed by atoms with Gasteiger partial charge in [0.15, 0.2) is 23.0 Å². The van der Waals surface area contributed by atoms with Gasteiger partial charge in [0.1, 0.15) is 5.56 Å². The summed E-state index contributed by atoms with van der Waals surface area (Å²) in [6, 6.07) is 4.62. The maximum absolute atomic E-state index is 13.0. The van der Waals surface area contributed by atoms with Crippen LogP contribution in [0.1, 0.15) is 5.56 Å². The number of hydrogen-bond donors (Lipinski definition) is 0. The molecule has 4 heterocycles. The quantitative estimate of drug-likeness (QED) is 0.451. The van der Waals surface area contributed by atoms with Crippen LogP contribution in [0.2, 0.25) is 0 Å². The highest BCUT2D eigenvalue weighted by Gasteiger charge is 2.31. The molecule has 1 aromatic carbocycles. The predicted molar refractivity (Wildman–Crippen MR) is 98.4 cm³/mol. The summed E-state index contributed by atoms with van der Waals surface area (Å²) in [5, 5.41) is 4.43. The maximum atomic E-state index is 13.0. The van der Waals surface area contributed by atoms with Crippen molar-refractivity contribution in [1.29, 1.82) is 0 Å². The van der Waals surface area contributed by atoms with Crippen molar-refractivity contribution in [2.45, 2.75) is 17.9 Å². The molecule has 0 amide bonds. The molecule has 0 bridgehead atoms. The van der Waals surface area contributed by atoms with Crippen molar-refractivity contribution in [2.24, 2.45) is 0 Å². The fourth-order valence-electron chi connectivity index (χ4n) is 3.04. The fourth-order valence-corrected chi connectivity index (χ4v) is 3.95. The molecule has 12 heteroatoms. The lowest BCUT2D eigenvalue weighted by molar-refractivity contribution is -0.137. The van der Waals surface area contributed by atoms with Gasteiger partial charge in [0, 0.05) is 24.1 Å². The molecule has 3 aromatic heterocycles. The van der Waals surface area contributed by atoms with Crippen LogP contribution in [0.15, 0.2) is 55.7 Å². The monoisotopic (exact) mass is 433 g/mol. The SMILES string of the molecule is O=c1c(-c2nc(-c3ncoc3-c3cccc(C(F)(F)F)c3)no2)cnc2n1CCS2. The molecule has 0 spiro atoms. The lowest BCUT2D eigenvalue weighted by Crippen LogP contribution is -2.21. The van der Waals surface area contributed by atoms with E-state index in [1.54, 1.807) is 0 Å². The molecule has 0 radical (unpaired) electrons. The number of aromatic nitrogens is 5. The van der Waals surface area contributed by atoms with Crippen molar-refractivity contribution >= 4 is 11.8 Å². The topological polar surface area (TPSA) is 99.8 Å². The lowest BCUT2D eigenvalue weighted by Gasteiger charge is -2.07. The molecular formula is C18H10F3N5O3S. The van der Waals surface area contributed by atoms with Crippen molar-refractivity contribution in [3.63, 3.8) is 0 Å². The third-order valence-electron chi connectivity index (χ3n) is 4.44. The molecule has 1 aliphatic heterocycles. The Balaban J connectivity index is 1.54. The standard InChI is InChI=1S/C18H10F3N5O3S/c19-18(20,21)10-3-1-2-9(6-10)13-12(23-8-28-13)14-24-15(29-25-14)11-7-22-17-26(16(11)27)4-5-30-17/h1-3,6-8H,4-5H2. The first-order valence-corrected chi connectivity index (χ1v) is 9.58. The molecule has 8 nitrogen and oxygen atoms in total. The summed E-state index contributed by atoms with van der Waals surface area (Å²) in [6.07, 6.45) is -2.07. The van der Waals surface area contributed by atoms with Gasteiger partial charge >= 0.3 is 6.18 Å². The number of fused-ring (bicyclic) bond motifs is 1. The van der Waals surface area contributed by atoms with Gasteiger partial charge in [-0.05, 0) is 12.1 Å². The van der Waals surface area contributed by atoms with Gasteiger partial charge in [0.25, 0.3) is 11.4 Å². The molecule has 0 saturated heterocycles. The van der Waals surface area contributed by atoms with E-state index in [-0.39, 0.29) is 39.9 Å². The summed E-state index contributed by atoms with van der Waals surface area (Å²) in [7, 11) is 0. The van der Waals surface area contributed by atoms with Crippen LogP contribution in [0.25, 0.3) is 34.3 Å². The summed E-state index contributed by atoms with van der Waals surface area (Å²) in [5.41, 5.74) is -0.761. The first kappa shape index (κ1) is 18.6. The summed E-state index contributed by atoms with van der Waals surface area (Å²) in [5.74, 6) is 0.715. The average molecular weight is 433 g/mol. The van der Waals surface area contributed by atoms with Crippen molar-refractivity contribution in [3.8, 4) is 34.3 Å². The molecule has 30 heavy (non-hydrogen) atoms. The average Bonchev–Trinajstić information content (AvgIpc) is 3.47. The number of benzene rings is 1. The highest BCUT2D eigenvalue weighted by atomic mass is 32.2. The van der Waals surface area contributed by atoms with Gasteiger partial charge in [-0.25, -0.2) is 9.97 Å². The zero-order chi connectivity index (χ0) is 20.9. The van der Waals surface area contributed by atoms with E-state index in [2.05, 4.69) is 20.1 Å². The van der Waals surface area contributed by atoms with Gasteiger partial charge in [-0.15, -0.1) is 0 Å². The van der Waals surface area contributed by atoms with Crippen LogP contribution in [0.5, 0.6) is 0 Å². The largest absolute Gasteiger partial charge is 0.443 e.